The van der Waals surface area contributed by atoms with Crippen LogP contribution in [0.3, 0.4) is 0 Å². The van der Waals surface area contributed by atoms with Crippen LogP contribution in [0.25, 0.3) is 0 Å². The maximum Gasteiger partial charge on any atom is 0.314 e. The van der Waals surface area contributed by atoms with Gasteiger partial charge < -0.3 is 15.4 Å². The second-order valence-corrected chi connectivity index (χ2v) is 6.48. The van der Waals surface area contributed by atoms with E-state index >= 15 is 0 Å². The molecule has 0 spiro atoms. The number of aromatic amines is 1. The molecule has 0 saturated heterocycles. The number of pyridine rings is 1. The second kappa shape index (κ2) is 8.63. The Hall–Kier alpha value is -3.90. The lowest BCUT2D eigenvalue weighted by Crippen LogP contribution is -2.14. The summed E-state index contributed by atoms with van der Waals surface area (Å²) in [5.74, 6) is -1.34. The fourth-order valence-electron chi connectivity index (χ4n) is 2.42. The molecule has 0 aliphatic carbocycles. The van der Waals surface area contributed by atoms with Crippen LogP contribution < -0.4 is 15.4 Å². The zero-order valence-corrected chi connectivity index (χ0v) is 16.2. The van der Waals surface area contributed by atoms with Crippen molar-refractivity contribution in [3.63, 3.8) is 0 Å². The smallest absolute Gasteiger partial charge is 0.314 e. The van der Waals surface area contributed by atoms with E-state index in [4.69, 9.17) is 4.74 Å². The molecule has 0 unspecified atom stereocenters. The zero-order chi connectivity index (χ0) is 21.8. The van der Waals surface area contributed by atoms with Gasteiger partial charge in [0.05, 0.1) is 35.5 Å². The SMILES string of the molecule is CC(C)Oc1cc(Nc2nc(N[C@@H](C)c3ncc(F)cn3)c([N+](=O)[O-])cc2F)[nH]n1. The third-order valence-electron chi connectivity index (χ3n) is 3.70. The van der Waals surface area contributed by atoms with Crippen molar-refractivity contribution in [3.8, 4) is 5.88 Å². The normalized spacial score (nSPS) is 11.9. The summed E-state index contributed by atoms with van der Waals surface area (Å²) in [6.07, 6.45) is 1.82. The first-order chi connectivity index (χ1) is 14.2. The van der Waals surface area contributed by atoms with Gasteiger partial charge in [0.2, 0.25) is 11.7 Å². The Morgan fingerprint density at radius 3 is 2.50 bits per heavy atom. The van der Waals surface area contributed by atoms with Crippen LogP contribution in [0.2, 0.25) is 0 Å². The lowest BCUT2D eigenvalue weighted by Gasteiger charge is -2.14. The molecule has 0 saturated carbocycles. The topological polar surface area (TPSA) is 144 Å². The highest BCUT2D eigenvalue weighted by atomic mass is 19.1. The van der Waals surface area contributed by atoms with Gasteiger partial charge in [0.25, 0.3) is 0 Å². The van der Waals surface area contributed by atoms with Crippen molar-refractivity contribution in [2.45, 2.75) is 32.9 Å². The Morgan fingerprint density at radius 1 is 1.17 bits per heavy atom. The summed E-state index contributed by atoms with van der Waals surface area (Å²) in [7, 11) is 0. The minimum Gasteiger partial charge on any atom is -0.474 e. The Balaban J connectivity index is 1.87. The van der Waals surface area contributed by atoms with Crippen LogP contribution in [0.1, 0.15) is 32.6 Å². The van der Waals surface area contributed by atoms with E-state index in [0.29, 0.717) is 0 Å². The van der Waals surface area contributed by atoms with Crippen LogP contribution in [0.4, 0.5) is 31.9 Å². The second-order valence-electron chi connectivity index (χ2n) is 6.48. The van der Waals surface area contributed by atoms with E-state index < -0.39 is 28.3 Å². The number of aromatic nitrogens is 5. The predicted molar refractivity (Wildman–Crippen MR) is 103 cm³/mol. The maximum atomic E-state index is 14.4. The van der Waals surface area contributed by atoms with Crippen LogP contribution in [-0.4, -0.2) is 36.2 Å². The molecule has 0 aliphatic rings. The summed E-state index contributed by atoms with van der Waals surface area (Å²) in [5.41, 5.74) is -0.583. The summed E-state index contributed by atoms with van der Waals surface area (Å²) in [5, 5.41) is 23.3. The number of anilines is 3. The number of H-pyrrole nitrogens is 1. The first-order valence-electron chi connectivity index (χ1n) is 8.81. The number of nitro groups is 1. The monoisotopic (exact) mass is 420 g/mol. The van der Waals surface area contributed by atoms with Gasteiger partial charge in [0, 0.05) is 6.07 Å². The van der Waals surface area contributed by atoms with Crippen molar-refractivity contribution < 1.29 is 18.4 Å². The van der Waals surface area contributed by atoms with Crippen LogP contribution in [-0.2, 0) is 0 Å². The van der Waals surface area contributed by atoms with Gasteiger partial charge in [-0.2, -0.15) is 0 Å². The largest absolute Gasteiger partial charge is 0.474 e. The highest BCUT2D eigenvalue weighted by Gasteiger charge is 2.23. The van der Waals surface area contributed by atoms with E-state index in [2.05, 4.69) is 35.8 Å². The third-order valence-corrected chi connectivity index (χ3v) is 3.70. The molecule has 3 rings (SSSR count). The van der Waals surface area contributed by atoms with Crippen molar-refractivity contribution in [2.24, 2.45) is 0 Å². The number of halogens is 2. The average molecular weight is 420 g/mol. The minimum absolute atomic E-state index is 0.110. The quantitative estimate of drug-likeness (QED) is 0.368. The molecule has 13 heteroatoms. The van der Waals surface area contributed by atoms with E-state index in [1.54, 1.807) is 6.92 Å². The molecule has 0 bridgehead atoms. The molecule has 3 N–H and O–H groups in total. The molecule has 0 radical (unpaired) electrons. The van der Waals surface area contributed by atoms with Gasteiger partial charge in [-0.05, 0) is 20.8 Å². The standard InChI is InChI=1S/C17H18F2N8O3/c1-8(2)30-14-5-13(25-26-14)23-16-11(19)4-12(27(28)29)17(24-16)22-9(3)15-20-6-10(18)7-21-15/h4-9H,1-3H3,(H3,22,23,24,25,26)/t9-/m0/s1. The number of nitrogens with one attached hydrogen (secondary N) is 3. The van der Waals surface area contributed by atoms with Crippen molar-refractivity contribution >= 4 is 23.1 Å². The fraction of sp³-hybridized carbons (Fsp3) is 0.294. The summed E-state index contributed by atoms with van der Waals surface area (Å²) in [6.45, 7) is 5.24. The maximum absolute atomic E-state index is 14.4. The summed E-state index contributed by atoms with van der Waals surface area (Å²) in [4.78, 5) is 22.2. The highest BCUT2D eigenvalue weighted by molar-refractivity contribution is 5.64. The molecular formula is C17H18F2N8O3. The van der Waals surface area contributed by atoms with Crippen molar-refractivity contribution in [1.82, 2.24) is 25.1 Å². The molecule has 11 nitrogen and oxygen atoms in total. The molecule has 0 fully saturated rings. The predicted octanol–water partition coefficient (Wildman–Crippen LogP) is 3.49. The van der Waals surface area contributed by atoms with Gasteiger partial charge >= 0.3 is 5.69 Å². The Labute approximate surface area is 169 Å². The molecule has 30 heavy (non-hydrogen) atoms. The first-order valence-corrected chi connectivity index (χ1v) is 8.81. The molecule has 3 aromatic rings. The van der Waals surface area contributed by atoms with E-state index in [-0.39, 0.29) is 35.3 Å². The minimum atomic E-state index is -0.945. The summed E-state index contributed by atoms with van der Waals surface area (Å²) >= 11 is 0. The van der Waals surface area contributed by atoms with Crippen LogP contribution in [0.15, 0.2) is 24.5 Å². The Morgan fingerprint density at radius 2 is 1.87 bits per heavy atom. The van der Waals surface area contributed by atoms with Gasteiger partial charge in [-0.15, -0.1) is 5.10 Å². The Bertz CT molecular complexity index is 1040. The fourth-order valence-corrected chi connectivity index (χ4v) is 2.42. The van der Waals surface area contributed by atoms with Crippen molar-refractivity contribution in [2.75, 3.05) is 10.6 Å². The van der Waals surface area contributed by atoms with E-state index in [1.807, 2.05) is 13.8 Å². The van der Waals surface area contributed by atoms with E-state index in [9.17, 15) is 18.9 Å². The molecule has 1 atom stereocenters. The molecular weight excluding hydrogens is 402 g/mol. The van der Waals surface area contributed by atoms with Crippen LogP contribution in [0.5, 0.6) is 5.88 Å². The van der Waals surface area contributed by atoms with E-state index in [1.165, 1.54) is 6.07 Å². The van der Waals surface area contributed by atoms with Crippen molar-refractivity contribution in [1.29, 1.82) is 0 Å². The third kappa shape index (κ3) is 4.92. The molecule has 3 heterocycles. The number of rotatable bonds is 8. The van der Waals surface area contributed by atoms with Gasteiger partial charge in [-0.3, -0.25) is 15.2 Å². The molecule has 0 aromatic carbocycles. The number of hydrogen-bond donors (Lipinski definition) is 3. The molecule has 0 aliphatic heterocycles. The highest BCUT2D eigenvalue weighted by Crippen LogP contribution is 2.30. The summed E-state index contributed by atoms with van der Waals surface area (Å²) < 4.78 is 32.8. The number of hydrogen-bond acceptors (Lipinski definition) is 9. The lowest BCUT2D eigenvalue weighted by molar-refractivity contribution is -0.384. The Kier molecular flexibility index (Phi) is 5.99. The van der Waals surface area contributed by atoms with Gasteiger partial charge in [-0.1, -0.05) is 0 Å². The van der Waals surface area contributed by atoms with Gasteiger partial charge in [-0.25, -0.2) is 23.7 Å². The first kappa shape index (κ1) is 20.8. The number of nitrogens with zero attached hydrogens (tertiary/aromatic N) is 5. The molecule has 158 valence electrons. The van der Waals surface area contributed by atoms with Gasteiger partial charge in [0.1, 0.15) is 11.6 Å². The van der Waals surface area contributed by atoms with E-state index in [0.717, 1.165) is 18.5 Å². The summed E-state index contributed by atoms with van der Waals surface area (Å²) in [6, 6.07) is 1.55. The van der Waals surface area contributed by atoms with Crippen molar-refractivity contribution in [3.05, 3.63) is 52.1 Å². The lowest BCUT2D eigenvalue weighted by atomic mass is 10.3. The van der Waals surface area contributed by atoms with Gasteiger partial charge in [0.15, 0.2) is 17.5 Å². The average Bonchev–Trinajstić information content (AvgIpc) is 3.10. The zero-order valence-electron chi connectivity index (χ0n) is 16.2. The van der Waals surface area contributed by atoms with Crippen LogP contribution in [0, 0.1) is 21.7 Å². The number of ether oxygens (including phenoxy) is 1. The molecule has 0 amide bonds. The van der Waals surface area contributed by atoms with Crippen LogP contribution >= 0.6 is 0 Å². The molecule has 3 aromatic heterocycles.